The van der Waals surface area contributed by atoms with Gasteiger partial charge in [-0.1, -0.05) is 6.42 Å². The number of hydrogen-bond acceptors (Lipinski definition) is 4. The molecule has 1 saturated carbocycles. The SMILES string of the molecule is N#Cc1ccc(C(=O)OC2CCCCC2)nc1. The summed E-state index contributed by atoms with van der Waals surface area (Å²) in [6.45, 7) is 0. The summed E-state index contributed by atoms with van der Waals surface area (Å²) < 4.78 is 5.37. The number of carbonyl (C=O) groups excluding carboxylic acids is 1. The summed E-state index contributed by atoms with van der Waals surface area (Å²) in [4.78, 5) is 15.7. The van der Waals surface area contributed by atoms with Crippen molar-refractivity contribution < 1.29 is 9.53 Å². The number of nitriles is 1. The summed E-state index contributed by atoms with van der Waals surface area (Å²) in [5.74, 6) is -0.388. The molecule has 1 aliphatic carbocycles. The van der Waals surface area contributed by atoms with Crippen LogP contribution in [0.15, 0.2) is 18.3 Å². The second-order valence-electron chi connectivity index (χ2n) is 4.21. The minimum atomic E-state index is -0.388. The van der Waals surface area contributed by atoms with Gasteiger partial charge in [0, 0.05) is 6.20 Å². The number of rotatable bonds is 2. The molecule has 0 saturated heterocycles. The molecule has 0 bridgehead atoms. The van der Waals surface area contributed by atoms with E-state index < -0.39 is 0 Å². The molecule has 1 aromatic heterocycles. The van der Waals surface area contributed by atoms with Crippen molar-refractivity contribution in [3.63, 3.8) is 0 Å². The van der Waals surface area contributed by atoms with E-state index in [1.165, 1.54) is 18.7 Å². The minimum absolute atomic E-state index is 0.0358. The highest BCUT2D eigenvalue weighted by atomic mass is 16.5. The predicted molar refractivity (Wildman–Crippen MR) is 61.2 cm³/mol. The highest BCUT2D eigenvalue weighted by Crippen LogP contribution is 2.21. The van der Waals surface area contributed by atoms with Gasteiger partial charge in [0.25, 0.3) is 0 Å². The zero-order valence-corrected chi connectivity index (χ0v) is 9.56. The summed E-state index contributed by atoms with van der Waals surface area (Å²) in [5, 5.41) is 8.62. The van der Waals surface area contributed by atoms with E-state index in [0.717, 1.165) is 25.7 Å². The molecule has 4 nitrogen and oxygen atoms in total. The summed E-state index contributed by atoms with van der Waals surface area (Å²) in [5.41, 5.74) is 0.716. The second kappa shape index (κ2) is 5.44. The van der Waals surface area contributed by atoms with Crippen LogP contribution in [-0.4, -0.2) is 17.1 Å². The zero-order valence-electron chi connectivity index (χ0n) is 9.56. The van der Waals surface area contributed by atoms with E-state index in [9.17, 15) is 4.79 Å². The predicted octanol–water partition coefficient (Wildman–Crippen LogP) is 2.44. The highest BCUT2D eigenvalue weighted by Gasteiger charge is 2.19. The quantitative estimate of drug-likeness (QED) is 0.732. The van der Waals surface area contributed by atoms with Crippen molar-refractivity contribution in [1.82, 2.24) is 4.98 Å². The number of pyridine rings is 1. The van der Waals surface area contributed by atoms with Crippen molar-refractivity contribution in [2.24, 2.45) is 0 Å². The summed E-state index contributed by atoms with van der Waals surface area (Å²) in [6, 6.07) is 5.07. The van der Waals surface area contributed by atoms with Gasteiger partial charge in [-0.05, 0) is 37.8 Å². The Labute approximate surface area is 100 Å². The van der Waals surface area contributed by atoms with E-state index in [1.807, 2.05) is 6.07 Å². The van der Waals surface area contributed by atoms with Crippen LogP contribution in [0.3, 0.4) is 0 Å². The first-order valence-electron chi connectivity index (χ1n) is 5.87. The Bertz CT molecular complexity index is 428. The Morgan fingerprint density at radius 2 is 2.12 bits per heavy atom. The molecule has 1 aromatic rings. The van der Waals surface area contributed by atoms with Crippen LogP contribution in [0, 0.1) is 11.3 Å². The lowest BCUT2D eigenvalue weighted by atomic mass is 9.98. The molecule has 2 rings (SSSR count). The van der Waals surface area contributed by atoms with Crippen LogP contribution in [0.5, 0.6) is 0 Å². The smallest absolute Gasteiger partial charge is 0.357 e. The van der Waals surface area contributed by atoms with Gasteiger partial charge in [0.1, 0.15) is 17.9 Å². The van der Waals surface area contributed by atoms with E-state index >= 15 is 0 Å². The monoisotopic (exact) mass is 230 g/mol. The molecule has 0 aromatic carbocycles. The van der Waals surface area contributed by atoms with Crippen LogP contribution in [0.4, 0.5) is 0 Å². The van der Waals surface area contributed by atoms with Crippen molar-refractivity contribution in [3.05, 3.63) is 29.6 Å². The number of esters is 1. The third kappa shape index (κ3) is 3.04. The van der Waals surface area contributed by atoms with Gasteiger partial charge in [0.05, 0.1) is 5.56 Å². The standard InChI is InChI=1S/C13H14N2O2/c14-8-10-6-7-12(15-9-10)13(16)17-11-4-2-1-3-5-11/h6-7,9,11H,1-5H2. The van der Waals surface area contributed by atoms with Crippen molar-refractivity contribution >= 4 is 5.97 Å². The lowest BCUT2D eigenvalue weighted by Gasteiger charge is -2.21. The second-order valence-corrected chi connectivity index (χ2v) is 4.21. The normalized spacial score (nSPS) is 16.2. The number of carbonyl (C=O) groups is 1. The van der Waals surface area contributed by atoms with Crippen LogP contribution in [0.2, 0.25) is 0 Å². The third-order valence-corrected chi connectivity index (χ3v) is 2.93. The van der Waals surface area contributed by atoms with Gasteiger partial charge >= 0.3 is 5.97 Å². The lowest BCUT2D eigenvalue weighted by molar-refractivity contribution is 0.0204. The molecule has 1 heterocycles. The number of nitrogens with zero attached hydrogens (tertiary/aromatic N) is 2. The van der Waals surface area contributed by atoms with Gasteiger partial charge in [0.2, 0.25) is 0 Å². The Kier molecular flexibility index (Phi) is 3.71. The van der Waals surface area contributed by atoms with Crippen LogP contribution in [0.1, 0.15) is 48.2 Å². The molecule has 0 unspecified atom stereocenters. The fourth-order valence-electron chi connectivity index (χ4n) is 1.98. The molecular weight excluding hydrogens is 216 g/mol. The van der Waals surface area contributed by atoms with Crippen molar-refractivity contribution in [1.29, 1.82) is 5.26 Å². The Morgan fingerprint density at radius 1 is 1.35 bits per heavy atom. The van der Waals surface area contributed by atoms with Crippen LogP contribution >= 0.6 is 0 Å². The molecule has 4 heteroatoms. The molecule has 0 atom stereocenters. The lowest BCUT2D eigenvalue weighted by Crippen LogP contribution is -2.21. The molecule has 0 amide bonds. The zero-order chi connectivity index (χ0) is 12.1. The molecule has 1 aliphatic rings. The van der Waals surface area contributed by atoms with E-state index in [1.54, 1.807) is 6.07 Å². The average molecular weight is 230 g/mol. The molecular formula is C13H14N2O2. The minimum Gasteiger partial charge on any atom is -0.458 e. The van der Waals surface area contributed by atoms with Gasteiger partial charge in [-0.15, -0.1) is 0 Å². The van der Waals surface area contributed by atoms with Crippen molar-refractivity contribution in [2.75, 3.05) is 0 Å². The van der Waals surface area contributed by atoms with Crippen molar-refractivity contribution in [2.45, 2.75) is 38.2 Å². The number of aromatic nitrogens is 1. The largest absolute Gasteiger partial charge is 0.458 e. The van der Waals surface area contributed by atoms with Crippen LogP contribution < -0.4 is 0 Å². The Hall–Kier alpha value is -1.89. The Balaban J connectivity index is 1.96. The Morgan fingerprint density at radius 3 is 2.71 bits per heavy atom. The van der Waals surface area contributed by atoms with Crippen LogP contribution in [0.25, 0.3) is 0 Å². The first-order chi connectivity index (χ1) is 8.29. The fourth-order valence-corrected chi connectivity index (χ4v) is 1.98. The third-order valence-electron chi connectivity index (χ3n) is 2.93. The van der Waals surface area contributed by atoms with Gasteiger partial charge in [-0.25, -0.2) is 9.78 Å². The van der Waals surface area contributed by atoms with Gasteiger partial charge in [0.15, 0.2) is 0 Å². The maximum atomic E-state index is 11.7. The molecule has 88 valence electrons. The first-order valence-corrected chi connectivity index (χ1v) is 5.87. The van der Waals surface area contributed by atoms with Gasteiger partial charge < -0.3 is 4.74 Å². The number of ether oxygens (including phenoxy) is 1. The van der Waals surface area contributed by atoms with Crippen LogP contribution in [-0.2, 0) is 4.74 Å². The maximum absolute atomic E-state index is 11.7. The highest BCUT2D eigenvalue weighted by molar-refractivity contribution is 5.87. The summed E-state index contributed by atoms with van der Waals surface area (Å²) in [7, 11) is 0. The average Bonchev–Trinajstić information content (AvgIpc) is 2.40. The number of hydrogen-bond donors (Lipinski definition) is 0. The molecule has 1 fully saturated rings. The molecule has 0 radical (unpaired) electrons. The van der Waals surface area contributed by atoms with E-state index in [4.69, 9.17) is 10.00 Å². The van der Waals surface area contributed by atoms with Gasteiger partial charge in [-0.3, -0.25) is 0 Å². The van der Waals surface area contributed by atoms with E-state index in [0.29, 0.717) is 5.56 Å². The molecule has 0 aliphatic heterocycles. The van der Waals surface area contributed by atoms with Crippen molar-refractivity contribution in [3.8, 4) is 6.07 Å². The molecule has 17 heavy (non-hydrogen) atoms. The fraction of sp³-hybridized carbons (Fsp3) is 0.462. The van der Waals surface area contributed by atoms with E-state index in [-0.39, 0.29) is 17.8 Å². The summed E-state index contributed by atoms with van der Waals surface area (Å²) in [6.07, 6.45) is 6.79. The van der Waals surface area contributed by atoms with Gasteiger partial charge in [-0.2, -0.15) is 5.26 Å². The molecule has 0 N–H and O–H groups in total. The first kappa shape index (κ1) is 11.6. The van der Waals surface area contributed by atoms with E-state index in [2.05, 4.69) is 4.98 Å². The molecule has 0 spiro atoms. The maximum Gasteiger partial charge on any atom is 0.357 e. The summed E-state index contributed by atoms with van der Waals surface area (Å²) >= 11 is 0. The topological polar surface area (TPSA) is 63.0 Å².